The molecule has 12 heteroatoms. The molecule has 0 aliphatic carbocycles. The first-order valence-electron chi connectivity index (χ1n) is 13.5. The highest BCUT2D eigenvalue weighted by molar-refractivity contribution is 6.04. The number of hydrogen-bond acceptors (Lipinski definition) is 9. The quantitative estimate of drug-likeness (QED) is 0.335. The Labute approximate surface area is 236 Å². The molecule has 4 heterocycles. The summed E-state index contributed by atoms with van der Waals surface area (Å²) in [5.41, 5.74) is 2.19. The Morgan fingerprint density at radius 3 is 2.68 bits per heavy atom. The number of fused-ring (bicyclic) bond motifs is 2. The van der Waals surface area contributed by atoms with Crippen LogP contribution in [-0.4, -0.2) is 65.3 Å². The molecule has 5 rings (SSSR count). The molecule has 1 aromatic carbocycles. The number of carbonyl (C=O) groups is 2. The topological polar surface area (TPSA) is 144 Å². The highest BCUT2D eigenvalue weighted by Gasteiger charge is 2.26. The van der Waals surface area contributed by atoms with Gasteiger partial charge in [-0.3, -0.25) is 15.6 Å². The van der Waals surface area contributed by atoms with E-state index in [1.54, 1.807) is 39.1 Å². The van der Waals surface area contributed by atoms with E-state index in [1.165, 1.54) is 6.20 Å². The van der Waals surface area contributed by atoms with Gasteiger partial charge < -0.3 is 24.6 Å². The molecule has 2 atom stereocenters. The molecule has 11 nitrogen and oxygen atoms in total. The number of halogens is 1. The Morgan fingerprint density at radius 1 is 1.17 bits per heavy atom. The third kappa shape index (κ3) is 6.33. The van der Waals surface area contributed by atoms with Crippen molar-refractivity contribution in [3.63, 3.8) is 0 Å². The monoisotopic (exact) mass is 567 g/mol. The molecule has 0 saturated carbocycles. The summed E-state index contributed by atoms with van der Waals surface area (Å²) in [6.45, 7) is 8.49. The number of aliphatic hydroxyl groups excluding tert-OH is 1. The molecule has 2 amide bonds. The van der Waals surface area contributed by atoms with Crippen LogP contribution >= 0.6 is 0 Å². The Morgan fingerprint density at radius 2 is 1.98 bits per heavy atom. The predicted octanol–water partition coefficient (Wildman–Crippen LogP) is 5.01. The molecule has 1 fully saturated rings. The van der Waals surface area contributed by atoms with Crippen molar-refractivity contribution in [2.75, 3.05) is 42.3 Å². The molecule has 41 heavy (non-hydrogen) atoms. The lowest BCUT2D eigenvalue weighted by molar-refractivity contribution is 0.0635. The number of nitrogens with zero attached hydrogens (tertiary/aromatic N) is 2. The minimum Gasteiger partial charge on any atom is -0.444 e. The van der Waals surface area contributed by atoms with E-state index in [2.05, 4.69) is 25.9 Å². The number of benzene rings is 1. The number of ether oxygens (including phenoxy) is 3. The van der Waals surface area contributed by atoms with Crippen LogP contribution in [0.5, 0.6) is 0 Å². The van der Waals surface area contributed by atoms with E-state index in [0.29, 0.717) is 48.9 Å². The van der Waals surface area contributed by atoms with Crippen LogP contribution in [0.1, 0.15) is 38.4 Å². The minimum atomic E-state index is -0.823. The maximum absolute atomic E-state index is 16.3. The van der Waals surface area contributed by atoms with E-state index in [9.17, 15) is 14.7 Å². The molecule has 4 N–H and O–H groups in total. The maximum Gasteiger partial charge on any atom is 0.413 e. The predicted molar refractivity (Wildman–Crippen MR) is 152 cm³/mol. The zero-order chi connectivity index (χ0) is 29.3. The van der Waals surface area contributed by atoms with Crippen molar-refractivity contribution in [2.45, 2.75) is 52.2 Å². The second-order valence-electron chi connectivity index (χ2n) is 11.3. The van der Waals surface area contributed by atoms with Crippen molar-refractivity contribution in [1.29, 1.82) is 0 Å². The summed E-state index contributed by atoms with van der Waals surface area (Å²) >= 11 is 0. The van der Waals surface area contributed by atoms with Crippen molar-refractivity contribution in [3.05, 3.63) is 41.6 Å². The highest BCUT2D eigenvalue weighted by atomic mass is 19.1. The summed E-state index contributed by atoms with van der Waals surface area (Å²) < 4.78 is 32.3. The van der Waals surface area contributed by atoms with Gasteiger partial charge in [-0.25, -0.2) is 19.0 Å². The summed E-state index contributed by atoms with van der Waals surface area (Å²) in [6, 6.07) is 3.21. The van der Waals surface area contributed by atoms with Crippen LogP contribution in [0.3, 0.4) is 0 Å². The maximum atomic E-state index is 16.3. The van der Waals surface area contributed by atoms with Crippen LogP contribution in [0, 0.1) is 18.7 Å². The second-order valence-corrected chi connectivity index (χ2v) is 11.3. The molecule has 0 bridgehead atoms. The van der Waals surface area contributed by atoms with E-state index in [-0.39, 0.29) is 35.7 Å². The van der Waals surface area contributed by atoms with Gasteiger partial charge in [0, 0.05) is 54.4 Å². The lowest BCUT2D eigenvalue weighted by atomic mass is 9.92. The van der Waals surface area contributed by atoms with Gasteiger partial charge in [0.15, 0.2) is 5.82 Å². The first-order chi connectivity index (χ1) is 19.5. The Hall–Kier alpha value is -4.03. The number of aliphatic hydroxyl groups is 1. The largest absolute Gasteiger partial charge is 0.444 e. The van der Waals surface area contributed by atoms with Gasteiger partial charge in [-0.2, -0.15) is 0 Å². The van der Waals surface area contributed by atoms with Gasteiger partial charge in [-0.1, -0.05) is 0 Å². The van der Waals surface area contributed by atoms with Gasteiger partial charge in [0.05, 0.1) is 30.3 Å². The Bertz CT molecular complexity index is 1490. The van der Waals surface area contributed by atoms with Gasteiger partial charge >= 0.3 is 12.2 Å². The first-order valence-corrected chi connectivity index (χ1v) is 13.5. The van der Waals surface area contributed by atoms with Gasteiger partial charge in [-0.05, 0) is 57.2 Å². The molecular formula is C29H34FN5O6. The number of nitrogens with one attached hydrogen (secondary N) is 3. The van der Waals surface area contributed by atoms with E-state index in [4.69, 9.17) is 14.2 Å². The van der Waals surface area contributed by atoms with Crippen molar-refractivity contribution >= 4 is 40.2 Å². The van der Waals surface area contributed by atoms with E-state index in [1.807, 2.05) is 6.92 Å². The van der Waals surface area contributed by atoms with Crippen LogP contribution in [-0.2, 0) is 20.6 Å². The molecule has 2 aromatic heterocycles. The van der Waals surface area contributed by atoms with Crippen molar-refractivity contribution in [3.8, 4) is 11.1 Å². The van der Waals surface area contributed by atoms with E-state index < -0.39 is 23.6 Å². The van der Waals surface area contributed by atoms with Crippen LogP contribution in [0.25, 0.3) is 21.9 Å². The second kappa shape index (κ2) is 11.5. The molecule has 2 aliphatic heterocycles. The molecule has 0 spiro atoms. The normalized spacial score (nSPS) is 18.4. The summed E-state index contributed by atoms with van der Waals surface area (Å²) in [5.74, 6) is -0.437. The number of pyridine rings is 2. The van der Waals surface area contributed by atoms with Gasteiger partial charge in [0.2, 0.25) is 0 Å². The highest BCUT2D eigenvalue weighted by Crippen LogP contribution is 2.40. The molecule has 1 unspecified atom stereocenters. The number of rotatable bonds is 5. The zero-order valence-electron chi connectivity index (χ0n) is 23.5. The molecular weight excluding hydrogens is 533 g/mol. The Kier molecular flexibility index (Phi) is 7.96. The smallest absolute Gasteiger partial charge is 0.413 e. The van der Waals surface area contributed by atoms with Gasteiger partial charge in [0.25, 0.3) is 0 Å². The van der Waals surface area contributed by atoms with Crippen molar-refractivity contribution in [2.24, 2.45) is 5.92 Å². The fourth-order valence-electron chi connectivity index (χ4n) is 4.99. The third-order valence-electron chi connectivity index (χ3n) is 6.99. The minimum absolute atomic E-state index is 0.0420. The van der Waals surface area contributed by atoms with Gasteiger partial charge in [0.1, 0.15) is 17.5 Å². The summed E-state index contributed by atoms with van der Waals surface area (Å²) in [6.07, 6.45) is 2.36. The summed E-state index contributed by atoms with van der Waals surface area (Å²) in [4.78, 5) is 34.0. The SMILES string of the molecule is Cc1c(-c2cc3cc(NC(=O)O[C@@H]4CCOC4)ncc3c(NC(=O)OC(C)(C)C)c2F)cnc2c1NCC(CO)C2. The van der Waals surface area contributed by atoms with Crippen LogP contribution in [0.4, 0.5) is 31.2 Å². The molecule has 1 saturated heterocycles. The summed E-state index contributed by atoms with van der Waals surface area (Å²) in [5, 5.41) is 18.9. The van der Waals surface area contributed by atoms with Crippen molar-refractivity contribution < 1.29 is 33.3 Å². The first kappa shape index (κ1) is 28.5. The Balaban J connectivity index is 1.56. The fraction of sp³-hybridized carbons (Fsp3) is 0.448. The molecule has 2 aliphatic rings. The van der Waals surface area contributed by atoms with Crippen molar-refractivity contribution in [1.82, 2.24) is 9.97 Å². The average molecular weight is 568 g/mol. The lowest BCUT2D eigenvalue weighted by Gasteiger charge is -2.26. The van der Waals surface area contributed by atoms with Gasteiger partial charge in [-0.15, -0.1) is 0 Å². The average Bonchev–Trinajstić information content (AvgIpc) is 3.42. The van der Waals surface area contributed by atoms with Crippen LogP contribution in [0.2, 0.25) is 0 Å². The zero-order valence-corrected chi connectivity index (χ0v) is 23.5. The van der Waals surface area contributed by atoms with Crippen LogP contribution in [0.15, 0.2) is 24.5 Å². The number of anilines is 3. The summed E-state index contributed by atoms with van der Waals surface area (Å²) in [7, 11) is 0. The van der Waals surface area contributed by atoms with E-state index >= 15 is 4.39 Å². The fourth-order valence-corrected chi connectivity index (χ4v) is 4.99. The molecule has 3 aromatic rings. The van der Waals surface area contributed by atoms with E-state index in [0.717, 1.165) is 16.9 Å². The lowest BCUT2D eigenvalue weighted by Crippen LogP contribution is -2.28. The third-order valence-corrected chi connectivity index (χ3v) is 6.99. The number of aromatic nitrogens is 2. The van der Waals surface area contributed by atoms with Crippen LogP contribution < -0.4 is 16.0 Å². The molecule has 0 radical (unpaired) electrons. The standard InChI is InChI=1S/C29H34FN5O6/c1-15-20(11-31-22-7-16(13-36)10-33-25(15)22)19-8-17-9-23(34-27(37)40-18-5-6-39-14-18)32-12-21(17)26(24(19)30)35-28(38)41-29(2,3)4/h8-9,11-12,16,18,33,36H,5-7,10,13-14H2,1-4H3,(H,35,38)(H,32,34,37)/t16?,18-/m1/s1. The number of carbonyl (C=O) groups excluding carboxylic acids is 2. The molecule has 218 valence electrons. The number of hydrogen-bond donors (Lipinski definition) is 4. The number of amides is 2.